The first kappa shape index (κ1) is 22.2. The molecule has 0 spiro atoms. The molecule has 5 nitrogen and oxygen atoms in total. The van der Waals surface area contributed by atoms with Crippen molar-refractivity contribution in [3.8, 4) is 62.1 Å². The lowest BCUT2D eigenvalue weighted by atomic mass is 9.63. The Morgan fingerprint density at radius 2 is 1.36 bits per heavy atom. The van der Waals surface area contributed by atoms with Crippen LogP contribution in [0.2, 0.25) is 0 Å². The second-order valence-corrected chi connectivity index (χ2v) is 18.4. The summed E-state index contributed by atoms with van der Waals surface area (Å²) in [5, 5.41) is 1.74. The van der Waals surface area contributed by atoms with Gasteiger partial charge in [0.05, 0.1) is 51.3 Å². The highest BCUT2D eigenvalue weighted by Crippen LogP contribution is 2.48. The molecule has 0 fully saturated rings. The Labute approximate surface area is 468 Å². The van der Waals surface area contributed by atoms with E-state index >= 15 is 0 Å². The molecule has 0 bridgehead atoms. The molecule has 72 heavy (non-hydrogen) atoms. The zero-order chi connectivity index (χ0) is 76.9. The van der Waals surface area contributed by atoms with Gasteiger partial charge in [0, 0.05) is 49.1 Å². The second kappa shape index (κ2) is 17.1. The van der Waals surface area contributed by atoms with Crippen molar-refractivity contribution in [2.45, 2.75) is 84.0 Å². The molecule has 12 rings (SSSR count). The van der Waals surface area contributed by atoms with Crippen molar-refractivity contribution in [3.63, 3.8) is 0 Å². The highest BCUT2D eigenvalue weighted by molar-refractivity contribution is 6.09. The van der Waals surface area contributed by atoms with Crippen LogP contribution in [0.1, 0.15) is 127 Å². The van der Waals surface area contributed by atoms with Gasteiger partial charge in [-0.15, -0.1) is 0 Å². The number of aryl methyl sites for hydroxylation is 1. The summed E-state index contributed by atoms with van der Waals surface area (Å²) in [7, 11) is 0. The van der Waals surface area contributed by atoms with Crippen LogP contribution in [0, 0.1) is 13.2 Å². The van der Waals surface area contributed by atoms with Gasteiger partial charge in [0.15, 0.2) is 0 Å². The number of hydrogen-bond donors (Lipinski definition) is 0. The van der Waals surface area contributed by atoms with Crippen molar-refractivity contribution in [2.75, 3.05) is 0 Å². The largest absolute Gasteiger partial charge is 0.458 e. The van der Waals surface area contributed by atoms with Gasteiger partial charge in [0.1, 0.15) is 17.3 Å². The third-order valence-electron chi connectivity index (χ3n) is 12.6. The summed E-state index contributed by atoms with van der Waals surface area (Å²) in [5.74, 6) is 1.03. The highest BCUT2D eigenvalue weighted by atomic mass is 16.5. The zero-order valence-electron chi connectivity index (χ0n) is 70.7. The van der Waals surface area contributed by atoms with Crippen molar-refractivity contribution in [1.82, 2.24) is 14.1 Å². The monoisotopic (exact) mass is 969 g/mol. The number of imidazole rings is 1. The fourth-order valence-electron chi connectivity index (χ4n) is 9.16. The minimum Gasteiger partial charge on any atom is -0.458 e. The van der Waals surface area contributed by atoms with Crippen LogP contribution >= 0.6 is 0 Å². The molecule has 5 heteroatoms. The summed E-state index contributed by atoms with van der Waals surface area (Å²) < 4.78 is 303. The Kier molecular flexibility index (Phi) is 5.26. The molecule has 3 heterocycles. The van der Waals surface area contributed by atoms with E-state index in [0.29, 0.717) is 23.2 Å². The smallest absolute Gasteiger partial charge is 0.269 e. The molecule has 3 aromatic heterocycles. The number of rotatable bonds is 8. The number of fused-ring (bicyclic) bond motifs is 5. The van der Waals surface area contributed by atoms with Crippen LogP contribution in [0.25, 0.3) is 83.4 Å². The number of aromatic nitrogens is 4. The van der Waals surface area contributed by atoms with Gasteiger partial charge >= 0.3 is 0 Å². The lowest BCUT2D eigenvalue weighted by Gasteiger charge is -2.42. The summed E-state index contributed by atoms with van der Waals surface area (Å²) in [6.07, 6.45) is -4.70. The van der Waals surface area contributed by atoms with Gasteiger partial charge in [-0.2, -0.15) is 0 Å². The van der Waals surface area contributed by atoms with E-state index in [0.717, 1.165) is 32.5 Å². The lowest BCUT2D eigenvalue weighted by molar-refractivity contribution is -0.571. The van der Waals surface area contributed by atoms with Crippen LogP contribution in [-0.4, -0.2) is 14.1 Å². The van der Waals surface area contributed by atoms with Crippen LogP contribution < -0.4 is 9.30 Å². The molecule has 0 atom stereocenters. The van der Waals surface area contributed by atoms with Crippen molar-refractivity contribution in [3.05, 3.63) is 223 Å². The zero-order valence-corrected chi connectivity index (χ0v) is 38.7. The van der Waals surface area contributed by atoms with Gasteiger partial charge in [-0.05, 0) is 141 Å². The third-order valence-corrected chi connectivity index (χ3v) is 12.6. The molecule has 354 valence electrons. The van der Waals surface area contributed by atoms with Crippen molar-refractivity contribution in [2.24, 2.45) is 0 Å². The van der Waals surface area contributed by atoms with Gasteiger partial charge in [-0.1, -0.05) is 181 Å². The summed E-state index contributed by atoms with van der Waals surface area (Å²) >= 11 is 0. The molecular weight excluding hydrogens is 877 g/mol. The molecule has 0 saturated heterocycles. The van der Waals surface area contributed by atoms with Crippen LogP contribution in [-0.2, 0) is 16.2 Å². The first-order chi connectivity index (χ1) is 47.9. The number of para-hydroxylation sites is 1. The Morgan fingerprint density at radius 3 is 2.12 bits per heavy atom. The third kappa shape index (κ3) is 7.88. The maximum atomic E-state index is 10.4. The lowest BCUT2D eigenvalue weighted by Crippen LogP contribution is -2.34. The number of benzene rings is 8. The van der Waals surface area contributed by atoms with E-state index in [-0.39, 0.29) is 39.0 Å². The number of nitrogens with zero attached hydrogens (tertiary/aromatic N) is 4. The fraction of sp³-hybridized carbons (Fsp3) is 0.194. The Morgan fingerprint density at radius 1 is 0.639 bits per heavy atom. The number of hydrogen-bond acceptors (Lipinski definition) is 2. The van der Waals surface area contributed by atoms with Crippen LogP contribution in [0.3, 0.4) is 0 Å². The fourth-order valence-corrected chi connectivity index (χ4v) is 9.16. The Balaban J connectivity index is 1.24. The maximum Gasteiger partial charge on any atom is 0.269 e. The molecule has 0 aliphatic heterocycles. The first-order valence-electron chi connectivity index (χ1n) is 38.6. The quantitative estimate of drug-likeness (QED) is 0.112. The average Bonchev–Trinajstić information content (AvgIpc) is 0.791. The SMILES string of the molecule is [2H]c1c([2H])c([2H])c(-c2ccc3c(c2)n(-c2cccc(Oc4ccc5c6ccccc6n(-c6cc(C(C)(C)C)ccn6)c5c4)c2)[c-][n+]3-c2c(-c3c([2H])c([2H])c([2H])c([2H])c3[2H])cc(C([2H])([2H])[2H])cc2-c2c([2H])c([2H])c3c(c2[2H])C(C([2H])([2H])[2H])(C([2H])([2H])[2H])C([2H])([2H])C([2H])([2H])C3(C([2H])([2H])[2H])C([2H])([2H])[2H])c([2H])c1[2H]. The molecule has 11 aromatic rings. The standard InChI is InChI=1S/C67H60N4O/c1-44-36-55(46-20-13-10-14-21-46)64(56(37-44)48-26-30-57-58(38-48)67(7,8)34-33-66(57,5)6)70-43-69(62-39-47(27-31-60(62)70)45-18-11-9-12-19-45)50-22-17-23-51(41-50)72-52-28-29-54-53-24-15-16-25-59(53)71(61(54)42-52)63-40-49(32-35-68-63)65(2,3)4/h9-32,35-42H,33-34H2,1-8H3/i1D3,5D3,6D3,7D3,8D3,9D,10D,11D,12D,13D,14D,18D,19D,20D,21D,26D,30D,33D2,34D2,38D. The molecule has 1 aliphatic carbocycles. The molecule has 0 N–H and O–H groups in total. The van der Waals surface area contributed by atoms with Gasteiger partial charge in [-0.25, -0.2) is 4.98 Å². The summed E-state index contributed by atoms with van der Waals surface area (Å²) in [6, 6.07) is 14.8. The second-order valence-electron chi connectivity index (χ2n) is 18.4. The first-order valence-corrected chi connectivity index (χ1v) is 22.6. The van der Waals surface area contributed by atoms with E-state index in [1.165, 1.54) is 34.9 Å². The van der Waals surface area contributed by atoms with Gasteiger partial charge in [0.2, 0.25) is 0 Å². The molecule has 0 unspecified atom stereocenters. The highest BCUT2D eigenvalue weighted by Gasteiger charge is 2.37. The number of ether oxygens (including phenoxy) is 1. The Bertz CT molecular complexity index is 5370. The average molecular weight is 969 g/mol. The van der Waals surface area contributed by atoms with Gasteiger partial charge in [0.25, 0.3) is 6.33 Å². The van der Waals surface area contributed by atoms with Crippen LogP contribution in [0.15, 0.2) is 194 Å². The predicted octanol–water partition coefficient (Wildman–Crippen LogP) is 16.9. The molecule has 0 saturated carbocycles. The maximum absolute atomic E-state index is 10.4. The van der Waals surface area contributed by atoms with Crippen LogP contribution in [0.5, 0.6) is 11.5 Å². The van der Waals surface area contributed by atoms with Crippen LogP contribution in [0.4, 0.5) is 0 Å². The van der Waals surface area contributed by atoms with Crippen molar-refractivity contribution >= 4 is 32.8 Å². The van der Waals surface area contributed by atoms with E-state index in [2.05, 4.69) is 27.1 Å². The van der Waals surface area contributed by atoms with Crippen molar-refractivity contribution in [1.29, 1.82) is 0 Å². The molecule has 8 aromatic carbocycles. The number of pyridine rings is 1. The van der Waals surface area contributed by atoms with E-state index < -0.39 is 181 Å². The van der Waals surface area contributed by atoms with E-state index in [1.54, 1.807) is 30.5 Å². The molecule has 0 radical (unpaired) electrons. The summed E-state index contributed by atoms with van der Waals surface area (Å²) in [4.78, 5) is 4.78. The van der Waals surface area contributed by atoms with Gasteiger partial charge < -0.3 is 4.74 Å². The normalized spacial score (nSPS) is 22.9. The predicted molar refractivity (Wildman–Crippen MR) is 297 cm³/mol. The van der Waals surface area contributed by atoms with E-state index in [9.17, 15) is 12.3 Å². The molecule has 1 aliphatic rings. The minimum atomic E-state index is -4.80. The minimum absolute atomic E-state index is 0.0703. The topological polar surface area (TPSA) is 35.9 Å². The Hall–Kier alpha value is -8.02. The molecule has 0 amide bonds. The summed E-state index contributed by atoms with van der Waals surface area (Å²) in [5.41, 5.74) is -16.8. The van der Waals surface area contributed by atoms with Gasteiger partial charge in [-0.3, -0.25) is 13.7 Å². The van der Waals surface area contributed by atoms with Crippen molar-refractivity contribution < 1.29 is 53.2 Å². The van der Waals surface area contributed by atoms with E-state index in [4.69, 9.17) is 41.2 Å². The summed E-state index contributed by atoms with van der Waals surface area (Å²) in [6.45, 7) is -15.2. The molecular formula is C67H60N4O. The van der Waals surface area contributed by atoms with E-state index in [1.807, 2.05) is 47.0 Å².